The summed E-state index contributed by atoms with van der Waals surface area (Å²) in [5, 5.41) is 0. The smallest absolute Gasteiger partial charge is 0.387 e. The largest absolute Gasteiger partial charge is 0.497 e. The highest BCUT2D eigenvalue weighted by Crippen LogP contribution is 2.26. The first-order chi connectivity index (χ1) is 11.5. The SMILES string of the molecule is COc1ccc(C(=O)C=Cc2ccccc2OC(F)F)c(OC)c1. The predicted octanol–water partition coefficient (Wildman–Crippen LogP) is 4.20. The van der Waals surface area contributed by atoms with Crippen molar-refractivity contribution in [2.24, 2.45) is 0 Å². The summed E-state index contributed by atoms with van der Waals surface area (Å²) < 4.78 is 39.5. The van der Waals surface area contributed by atoms with Crippen LogP contribution in [-0.2, 0) is 0 Å². The molecule has 4 nitrogen and oxygen atoms in total. The molecule has 0 aromatic heterocycles. The Kier molecular flexibility index (Phi) is 5.89. The van der Waals surface area contributed by atoms with Crippen LogP contribution < -0.4 is 14.2 Å². The van der Waals surface area contributed by atoms with Gasteiger partial charge in [0.1, 0.15) is 17.2 Å². The highest BCUT2D eigenvalue weighted by molar-refractivity contribution is 6.08. The van der Waals surface area contributed by atoms with E-state index in [0.29, 0.717) is 22.6 Å². The van der Waals surface area contributed by atoms with Crippen molar-refractivity contribution >= 4 is 11.9 Å². The first-order valence-corrected chi connectivity index (χ1v) is 7.03. The van der Waals surface area contributed by atoms with Gasteiger partial charge in [0.05, 0.1) is 19.8 Å². The van der Waals surface area contributed by atoms with Crippen LogP contribution in [0.2, 0.25) is 0 Å². The number of para-hydroxylation sites is 1. The van der Waals surface area contributed by atoms with Crippen LogP contribution in [-0.4, -0.2) is 26.6 Å². The van der Waals surface area contributed by atoms with E-state index in [-0.39, 0.29) is 11.5 Å². The number of carbonyl (C=O) groups is 1. The summed E-state index contributed by atoms with van der Waals surface area (Å²) in [6, 6.07) is 11.0. The number of ether oxygens (including phenoxy) is 3. The van der Waals surface area contributed by atoms with Gasteiger partial charge in [-0.25, -0.2) is 0 Å². The monoisotopic (exact) mass is 334 g/mol. The molecule has 0 aliphatic heterocycles. The molecule has 0 radical (unpaired) electrons. The molecule has 0 aliphatic carbocycles. The van der Waals surface area contributed by atoms with E-state index >= 15 is 0 Å². The van der Waals surface area contributed by atoms with Gasteiger partial charge in [-0.15, -0.1) is 0 Å². The Morgan fingerprint density at radius 1 is 1.04 bits per heavy atom. The van der Waals surface area contributed by atoms with Crippen molar-refractivity contribution in [1.29, 1.82) is 0 Å². The predicted molar refractivity (Wildman–Crippen MR) is 86.0 cm³/mol. The molecule has 0 heterocycles. The molecule has 24 heavy (non-hydrogen) atoms. The summed E-state index contributed by atoms with van der Waals surface area (Å²) in [7, 11) is 2.96. The number of ketones is 1. The van der Waals surface area contributed by atoms with E-state index in [1.807, 2.05) is 0 Å². The fourth-order valence-electron chi connectivity index (χ4n) is 2.08. The molecular formula is C18H16F2O4. The lowest BCUT2D eigenvalue weighted by Crippen LogP contribution is -2.03. The van der Waals surface area contributed by atoms with Gasteiger partial charge in [-0.1, -0.05) is 18.2 Å². The average molecular weight is 334 g/mol. The molecule has 0 unspecified atom stereocenters. The molecular weight excluding hydrogens is 318 g/mol. The Labute approximate surface area is 138 Å². The minimum atomic E-state index is -2.93. The van der Waals surface area contributed by atoms with E-state index in [1.54, 1.807) is 36.4 Å². The average Bonchev–Trinajstić information content (AvgIpc) is 2.59. The number of benzene rings is 2. The van der Waals surface area contributed by atoms with Crippen molar-refractivity contribution in [3.63, 3.8) is 0 Å². The van der Waals surface area contributed by atoms with Crippen molar-refractivity contribution in [3.05, 3.63) is 59.7 Å². The van der Waals surface area contributed by atoms with E-state index in [0.717, 1.165) is 0 Å². The second-order valence-corrected chi connectivity index (χ2v) is 4.68. The zero-order valence-corrected chi connectivity index (χ0v) is 13.2. The molecule has 126 valence electrons. The second kappa shape index (κ2) is 8.10. The highest BCUT2D eigenvalue weighted by atomic mass is 19.3. The van der Waals surface area contributed by atoms with Crippen molar-refractivity contribution in [2.75, 3.05) is 14.2 Å². The highest BCUT2D eigenvalue weighted by Gasteiger charge is 2.12. The molecule has 0 amide bonds. The topological polar surface area (TPSA) is 44.8 Å². The summed E-state index contributed by atoms with van der Waals surface area (Å²) in [5.74, 6) is 0.587. The summed E-state index contributed by atoms with van der Waals surface area (Å²) in [5.41, 5.74) is 0.709. The number of rotatable bonds is 7. The van der Waals surface area contributed by atoms with Crippen LogP contribution >= 0.6 is 0 Å². The van der Waals surface area contributed by atoms with Gasteiger partial charge in [0.15, 0.2) is 5.78 Å². The van der Waals surface area contributed by atoms with Crippen LogP contribution in [0.5, 0.6) is 17.2 Å². The van der Waals surface area contributed by atoms with E-state index < -0.39 is 6.61 Å². The maximum atomic E-state index is 12.4. The first kappa shape index (κ1) is 17.5. The third-order valence-electron chi connectivity index (χ3n) is 3.22. The number of allylic oxidation sites excluding steroid dienone is 1. The fraction of sp³-hybridized carbons (Fsp3) is 0.167. The molecule has 0 saturated carbocycles. The van der Waals surface area contributed by atoms with E-state index in [4.69, 9.17) is 9.47 Å². The van der Waals surface area contributed by atoms with Crippen LogP contribution in [0.1, 0.15) is 15.9 Å². The van der Waals surface area contributed by atoms with Gasteiger partial charge < -0.3 is 14.2 Å². The van der Waals surface area contributed by atoms with Crippen LogP contribution in [0, 0.1) is 0 Å². The second-order valence-electron chi connectivity index (χ2n) is 4.68. The number of halogens is 2. The van der Waals surface area contributed by atoms with E-state index in [9.17, 15) is 13.6 Å². The molecule has 0 saturated heterocycles. The lowest BCUT2D eigenvalue weighted by Gasteiger charge is -2.09. The Balaban J connectivity index is 2.25. The fourth-order valence-corrected chi connectivity index (χ4v) is 2.08. The maximum absolute atomic E-state index is 12.4. The van der Waals surface area contributed by atoms with Crippen LogP contribution in [0.4, 0.5) is 8.78 Å². The molecule has 0 N–H and O–H groups in total. The number of hydrogen-bond donors (Lipinski definition) is 0. The van der Waals surface area contributed by atoms with E-state index in [2.05, 4.69) is 4.74 Å². The number of methoxy groups -OCH3 is 2. The molecule has 2 aromatic carbocycles. The standard InChI is InChI=1S/C18H16F2O4/c1-22-13-8-9-14(17(11-13)23-2)15(21)10-7-12-5-3-4-6-16(12)24-18(19)20/h3-11,18H,1-2H3. The molecule has 2 rings (SSSR count). The lowest BCUT2D eigenvalue weighted by atomic mass is 10.1. The first-order valence-electron chi connectivity index (χ1n) is 7.03. The van der Waals surface area contributed by atoms with Gasteiger partial charge in [-0.3, -0.25) is 4.79 Å². The molecule has 6 heteroatoms. The molecule has 0 fully saturated rings. The maximum Gasteiger partial charge on any atom is 0.387 e. The summed E-state index contributed by atoms with van der Waals surface area (Å²) in [4.78, 5) is 12.3. The summed E-state index contributed by atoms with van der Waals surface area (Å²) >= 11 is 0. The lowest BCUT2D eigenvalue weighted by molar-refractivity contribution is -0.0499. The quantitative estimate of drug-likeness (QED) is 0.562. The molecule has 0 aliphatic rings. The van der Waals surface area contributed by atoms with Gasteiger partial charge in [0, 0.05) is 11.6 Å². The van der Waals surface area contributed by atoms with Crippen molar-refractivity contribution in [3.8, 4) is 17.2 Å². The Morgan fingerprint density at radius 2 is 1.79 bits per heavy atom. The normalized spacial score (nSPS) is 10.9. The van der Waals surface area contributed by atoms with E-state index in [1.165, 1.54) is 32.4 Å². The Bertz CT molecular complexity index is 742. The van der Waals surface area contributed by atoms with Crippen molar-refractivity contribution in [1.82, 2.24) is 0 Å². The Morgan fingerprint density at radius 3 is 2.46 bits per heavy atom. The van der Waals surface area contributed by atoms with Gasteiger partial charge in [0.2, 0.25) is 0 Å². The Hall–Kier alpha value is -2.89. The van der Waals surface area contributed by atoms with Crippen LogP contribution in [0.25, 0.3) is 6.08 Å². The molecule has 2 aromatic rings. The summed E-state index contributed by atoms with van der Waals surface area (Å²) in [6.45, 7) is -2.93. The zero-order chi connectivity index (χ0) is 17.5. The minimum absolute atomic E-state index is 0.00162. The number of carbonyl (C=O) groups excluding carboxylic acids is 1. The van der Waals surface area contributed by atoms with Crippen molar-refractivity contribution < 1.29 is 27.8 Å². The van der Waals surface area contributed by atoms with Gasteiger partial charge >= 0.3 is 6.61 Å². The third-order valence-corrected chi connectivity index (χ3v) is 3.22. The van der Waals surface area contributed by atoms with Gasteiger partial charge in [0.25, 0.3) is 0 Å². The van der Waals surface area contributed by atoms with Gasteiger partial charge in [-0.2, -0.15) is 8.78 Å². The zero-order valence-electron chi connectivity index (χ0n) is 13.2. The number of alkyl halides is 2. The van der Waals surface area contributed by atoms with Crippen LogP contribution in [0.3, 0.4) is 0 Å². The molecule has 0 spiro atoms. The van der Waals surface area contributed by atoms with Crippen molar-refractivity contribution in [2.45, 2.75) is 6.61 Å². The number of hydrogen-bond acceptors (Lipinski definition) is 4. The molecule has 0 atom stereocenters. The summed E-state index contributed by atoms with van der Waals surface area (Å²) in [6.07, 6.45) is 2.70. The molecule has 0 bridgehead atoms. The van der Waals surface area contributed by atoms with Crippen LogP contribution in [0.15, 0.2) is 48.5 Å². The minimum Gasteiger partial charge on any atom is -0.497 e. The van der Waals surface area contributed by atoms with Gasteiger partial charge in [-0.05, 0) is 30.4 Å². The third kappa shape index (κ3) is 4.32.